The summed E-state index contributed by atoms with van der Waals surface area (Å²) in [6.45, 7) is 5.34. The second-order valence-corrected chi connectivity index (χ2v) is 8.01. The molecule has 0 amide bonds. The first-order valence-corrected chi connectivity index (χ1v) is 10.2. The number of aromatic nitrogens is 1. The van der Waals surface area contributed by atoms with Crippen molar-refractivity contribution in [1.29, 1.82) is 0 Å². The van der Waals surface area contributed by atoms with Crippen molar-refractivity contribution in [1.82, 2.24) is 9.88 Å². The third-order valence-corrected chi connectivity index (χ3v) is 5.87. The van der Waals surface area contributed by atoms with Gasteiger partial charge < -0.3 is 19.8 Å². The highest BCUT2D eigenvalue weighted by Gasteiger charge is 2.32. The van der Waals surface area contributed by atoms with Crippen molar-refractivity contribution in [2.24, 2.45) is 11.8 Å². The van der Waals surface area contributed by atoms with Gasteiger partial charge in [0.15, 0.2) is 0 Å². The number of hydrogen-bond donors (Lipinski definition) is 2. The van der Waals surface area contributed by atoms with Crippen LogP contribution in [0.2, 0.25) is 0 Å². The molecule has 1 fully saturated rings. The molecule has 1 aromatic heterocycles. The van der Waals surface area contributed by atoms with Crippen molar-refractivity contribution in [2.75, 3.05) is 33.4 Å². The Bertz CT molecular complexity index is 735. The number of hydrogen-bond acceptors (Lipinski definition) is 5. The zero-order chi connectivity index (χ0) is 19.9. The summed E-state index contributed by atoms with van der Waals surface area (Å²) < 4.78 is 5.30. The molecular formula is C23H32N2O3. The number of likely N-dealkylation sites (tertiary alicyclic amines) is 1. The Kier molecular flexibility index (Phi) is 7.29. The van der Waals surface area contributed by atoms with Gasteiger partial charge in [0.2, 0.25) is 0 Å². The highest BCUT2D eigenvalue weighted by atomic mass is 16.5. The summed E-state index contributed by atoms with van der Waals surface area (Å²) in [6.07, 6.45) is 4.80. The Morgan fingerprint density at radius 1 is 1.21 bits per heavy atom. The summed E-state index contributed by atoms with van der Waals surface area (Å²) in [5, 5.41) is 19.2. The van der Waals surface area contributed by atoms with Gasteiger partial charge in [-0.2, -0.15) is 0 Å². The largest absolute Gasteiger partial charge is 0.506 e. The number of benzene rings is 1. The molecular weight excluding hydrogens is 352 g/mol. The van der Waals surface area contributed by atoms with Crippen LogP contribution in [0.15, 0.2) is 42.6 Å². The van der Waals surface area contributed by atoms with Crippen LogP contribution >= 0.6 is 0 Å². The van der Waals surface area contributed by atoms with Gasteiger partial charge >= 0.3 is 0 Å². The maximum absolute atomic E-state index is 9.84. The third-order valence-electron chi connectivity index (χ3n) is 5.87. The molecule has 1 saturated heterocycles. The van der Waals surface area contributed by atoms with Gasteiger partial charge in [0.1, 0.15) is 11.5 Å². The highest BCUT2D eigenvalue weighted by Crippen LogP contribution is 2.30. The maximum atomic E-state index is 9.84. The molecule has 152 valence electrons. The normalized spacial score (nSPS) is 21.0. The van der Waals surface area contributed by atoms with Crippen molar-refractivity contribution in [2.45, 2.75) is 32.1 Å². The molecule has 0 bridgehead atoms. The number of aryl methyl sites for hydroxylation is 1. The average Bonchev–Trinajstić information content (AvgIpc) is 3.10. The predicted molar refractivity (Wildman–Crippen MR) is 111 cm³/mol. The van der Waals surface area contributed by atoms with E-state index in [0.29, 0.717) is 17.8 Å². The first kappa shape index (κ1) is 20.6. The molecule has 5 nitrogen and oxygen atoms in total. The Morgan fingerprint density at radius 3 is 2.75 bits per heavy atom. The van der Waals surface area contributed by atoms with E-state index in [1.165, 1.54) is 11.8 Å². The summed E-state index contributed by atoms with van der Waals surface area (Å²) in [4.78, 5) is 6.79. The lowest BCUT2D eigenvalue weighted by Gasteiger charge is -2.20. The summed E-state index contributed by atoms with van der Waals surface area (Å²) in [7, 11) is 1.70. The predicted octanol–water partition coefficient (Wildman–Crippen LogP) is 3.46. The van der Waals surface area contributed by atoms with Crippen LogP contribution in [0, 0.1) is 11.8 Å². The Hall–Kier alpha value is -2.11. The van der Waals surface area contributed by atoms with Crippen LogP contribution in [0.25, 0.3) is 0 Å². The minimum absolute atomic E-state index is 0.202. The number of aromatic hydroxyl groups is 1. The van der Waals surface area contributed by atoms with Crippen LogP contribution in [0.5, 0.6) is 11.5 Å². The topological polar surface area (TPSA) is 65.8 Å². The zero-order valence-electron chi connectivity index (χ0n) is 16.9. The van der Waals surface area contributed by atoms with E-state index in [1.54, 1.807) is 13.2 Å². The monoisotopic (exact) mass is 384 g/mol. The molecule has 2 aromatic rings. The van der Waals surface area contributed by atoms with Gasteiger partial charge in [-0.1, -0.05) is 19.1 Å². The van der Waals surface area contributed by atoms with Gasteiger partial charge in [0, 0.05) is 37.9 Å². The minimum atomic E-state index is 0.202. The molecule has 3 rings (SSSR count). The van der Waals surface area contributed by atoms with Crippen LogP contribution in [0.4, 0.5) is 0 Å². The van der Waals surface area contributed by atoms with Gasteiger partial charge in [0.25, 0.3) is 0 Å². The van der Waals surface area contributed by atoms with E-state index >= 15 is 0 Å². The van der Waals surface area contributed by atoms with E-state index in [2.05, 4.69) is 28.9 Å². The first-order valence-electron chi connectivity index (χ1n) is 10.2. The molecule has 28 heavy (non-hydrogen) atoms. The van der Waals surface area contributed by atoms with Gasteiger partial charge in [-0.15, -0.1) is 0 Å². The highest BCUT2D eigenvalue weighted by molar-refractivity contribution is 5.28. The SMILES string of the molecule is COc1cccc(CCC[C@@H]2CN(CC(C)c3ccc(O)cn3)C[C@@H]2CO)c1. The molecule has 1 aliphatic rings. The standard InChI is InChI=1S/C23H32N2O3/c1-17(23-10-9-21(27)12-24-23)13-25-14-19(20(15-25)16-26)7-3-5-18-6-4-8-22(11-18)28-2/h4,6,8-12,17,19-20,26-27H,3,5,7,13-16H2,1-2H3/t17?,19-,20-/m1/s1. The smallest absolute Gasteiger partial charge is 0.133 e. The fourth-order valence-corrected chi connectivity index (χ4v) is 4.29. The minimum Gasteiger partial charge on any atom is -0.506 e. The van der Waals surface area contributed by atoms with E-state index in [0.717, 1.165) is 50.3 Å². The van der Waals surface area contributed by atoms with E-state index in [4.69, 9.17) is 4.74 Å². The number of methoxy groups -OCH3 is 1. The Morgan fingerprint density at radius 2 is 2.04 bits per heavy atom. The van der Waals surface area contributed by atoms with Crippen molar-refractivity contribution in [3.63, 3.8) is 0 Å². The molecule has 0 saturated carbocycles. The van der Waals surface area contributed by atoms with Crippen LogP contribution in [-0.2, 0) is 6.42 Å². The lowest BCUT2D eigenvalue weighted by atomic mass is 9.91. The maximum Gasteiger partial charge on any atom is 0.133 e. The van der Waals surface area contributed by atoms with Crippen molar-refractivity contribution in [3.8, 4) is 11.5 Å². The van der Waals surface area contributed by atoms with Gasteiger partial charge in [-0.3, -0.25) is 4.98 Å². The Labute approximate surface area is 168 Å². The molecule has 0 aliphatic carbocycles. The van der Waals surface area contributed by atoms with Crippen molar-refractivity contribution in [3.05, 3.63) is 53.9 Å². The van der Waals surface area contributed by atoms with Crippen molar-refractivity contribution < 1.29 is 14.9 Å². The molecule has 2 N–H and O–H groups in total. The van der Waals surface area contributed by atoms with Crippen LogP contribution in [-0.4, -0.2) is 53.4 Å². The van der Waals surface area contributed by atoms with Gasteiger partial charge in [-0.25, -0.2) is 0 Å². The second kappa shape index (κ2) is 9.89. The molecule has 5 heteroatoms. The van der Waals surface area contributed by atoms with Gasteiger partial charge in [-0.05, 0) is 60.9 Å². The summed E-state index contributed by atoms with van der Waals surface area (Å²) in [6, 6.07) is 11.9. The average molecular weight is 385 g/mol. The quantitative estimate of drug-likeness (QED) is 0.693. The van der Waals surface area contributed by atoms with E-state index in [-0.39, 0.29) is 12.4 Å². The van der Waals surface area contributed by atoms with Crippen LogP contribution in [0.3, 0.4) is 0 Å². The Balaban J connectivity index is 1.49. The van der Waals surface area contributed by atoms with E-state index < -0.39 is 0 Å². The van der Waals surface area contributed by atoms with Gasteiger partial charge in [0.05, 0.1) is 13.3 Å². The molecule has 0 spiro atoms. The van der Waals surface area contributed by atoms with E-state index in [9.17, 15) is 10.2 Å². The zero-order valence-corrected chi connectivity index (χ0v) is 16.9. The molecule has 1 unspecified atom stereocenters. The molecule has 1 aromatic carbocycles. The van der Waals surface area contributed by atoms with Crippen LogP contribution < -0.4 is 4.74 Å². The number of ether oxygens (including phenoxy) is 1. The fourth-order valence-electron chi connectivity index (χ4n) is 4.29. The molecule has 3 atom stereocenters. The van der Waals surface area contributed by atoms with Crippen molar-refractivity contribution >= 4 is 0 Å². The lowest BCUT2D eigenvalue weighted by molar-refractivity contribution is 0.195. The second-order valence-electron chi connectivity index (χ2n) is 8.01. The summed E-state index contributed by atoms with van der Waals surface area (Å²) in [5.41, 5.74) is 2.31. The number of aliphatic hydroxyl groups excluding tert-OH is 1. The van der Waals surface area contributed by atoms with E-state index in [1.807, 2.05) is 18.2 Å². The third kappa shape index (κ3) is 5.46. The molecule has 2 heterocycles. The molecule has 1 aliphatic heterocycles. The number of rotatable bonds is 9. The first-order chi connectivity index (χ1) is 13.6. The lowest BCUT2D eigenvalue weighted by Crippen LogP contribution is -2.26. The summed E-state index contributed by atoms with van der Waals surface area (Å²) >= 11 is 0. The fraction of sp³-hybridized carbons (Fsp3) is 0.522. The number of aliphatic hydroxyl groups is 1. The van der Waals surface area contributed by atoms with Crippen LogP contribution in [0.1, 0.15) is 36.9 Å². The number of pyridine rings is 1. The summed E-state index contributed by atoms with van der Waals surface area (Å²) in [5.74, 6) is 2.31. The molecule has 0 radical (unpaired) electrons. The number of nitrogens with zero attached hydrogens (tertiary/aromatic N) is 2.